The molecule has 1 aromatic heterocycles. The van der Waals surface area contributed by atoms with E-state index >= 15 is 0 Å². The molecule has 0 N–H and O–H groups in total. The molecule has 3 heteroatoms. The van der Waals surface area contributed by atoms with E-state index in [4.69, 9.17) is 9.15 Å². The Bertz CT molecular complexity index is 314. The van der Waals surface area contributed by atoms with Crippen LogP contribution < -0.4 is 0 Å². The molecule has 0 bridgehead atoms. The summed E-state index contributed by atoms with van der Waals surface area (Å²) in [6.45, 7) is 2.48. The van der Waals surface area contributed by atoms with Gasteiger partial charge in [0.2, 0.25) is 0 Å². The third-order valence-corrected chi connectivity index (χ3v) is 2.31. The normalized spacial score (nSPS) is 23.5. The van der Waals surface area contributed by atoms with Crippen molar-refractivity contribution in [1.82, 2.24) is 0 Å². The molecule has 13 heavy (non-hydrogen) atoms. The zero-order valence-electron chi connectivity index (χ0n) is 7.58. The summed E-state index contributed by atoms with van der Waals surface area (Å²) < 4.78 is 10.7. The maximum absolute atomic E-state index is 11.2. The van der Waals surface area contributed by atoms with Gasteiger partial charge in [0.15, 0.2) is 0 Å². The summed E-state index contributed by atoms with van der Waals surface area (Å²) in [4.78, 5) is 11.2. The number of ether oxygens (including phenoxy) is 1. The number of carbonyl (C=O) groups excluding carboxylic acids is 1. The number of ketones is 1. The minimum Gasteiger partial charge on any atom is -0.466 e. The van der Waals surface area contributed by atoms with Crippen LogP contribution in [-0.2, 0) is 9.53 Å². The van der Waals surface area contributed by atoms with Crippen LogP contribution in [0.25, 0.3) is 0 Å². The van der Waals surface area contributed by atoms with E-state index in [1.165, 1.54) is 0 Å². The highest BCUT2D eigenvalue weighted by Gasteiger charge is 2.25. The second-order valence-electron chi connectivity index (χ2n) is 3.32. The molecule has 1 atom stereocenters. The molecule has 0 amide bonds. The number of hydrogen-bond acceptors (Lipinski definition) is 3. The standard InChI is InChI=1S/C10H12O3/c1-7-2-4-13-10(7)9-6-8(11)3-5-12-9/h2,4,9H,3,5-6H2,1H3. The van der Waals surface area contributed by atoms with E-state index in [1.54, 1.807) is 6.26 Å². The van der Waals surface area contributed by atoms with Gasteiger partial charge in [0.05, 0.1) is 12.9 Å². The van der Waals surface area contributed by atoms with Gasteiger partial charge in [-0.05, 0) is 18.6 Å². The van der Waals surface area contributed by atoms with E-state index in [9.17, 15) is 4.79 Å². The fourth-order valence-corrected chi connectivity index (χ4v) is 1.57. The van der Waals surface area contributed by atoms with E-state index in [1.807, 2.05) is 13.0 Å². The molecule has 1 aliphatic rings. The average molecular weight is 180 g/mol. The van der Waals surface area contributed by atoms with Gasteiger partial charge in [-0.2, -0.15) is 0 Å². The maximum Gasteiger partial charge on any atom is 0.138 e. The summed E-state index contributed by atoms with van der Waals surface area (Å²) in [7, 11) is 0. The summed E-state index contributed by atoms with van der Waals surface area (Å²) in [5, 5.41) is 0. The van der Waals surface area contributed by atoms with E-state index < -0.39 is 0 Å². The van der Waals surface area contributed by atoms with Crippen LogP contribution in [0, 0.1) is 6.92 Å². The molecule has 70 valence electrons. The highest BCUT2D eigenvalue weighted by Crippen LogP contribution is 2.28. The summed E-state index contributed by atoms with van der Waals surface area (Å²) >= 11 is 0. The lowest BCUT2D eigenvalue weighted by atomic mass is 10.0. The van der Waals surface area contributed by atoms with Crippen LogP contribution in [0.3, 0.4) is 0 Å². The molecule has 2 heterocycles. The minimum atomic E-state index is -0.156. The Labute approximate surface area is 76.7 Å². The highest BCUT2D eigenvalue weighted by atomic mass is 16.5. The average Bonchev–Trinajstić information content (AvgIpc) is 2.51. The van der Waals surface area contributed by atoms with Gasteiger partial charge >= 0.3 is 0 Å². The molecule has 0 spiro atoms. The van der Waals surface area contributed by atoms with E-state index in [2.05, 4.69) is 0 Å². The Morgan fingerprint density at radius 3 is 3.00 bits per heavy atom. The third-order valence-electron chi connectivity index (χ3n) is 2.31. The monoisotopic (exact) mass is 180 g/mol. The number of furan rings is 1. The fourth-order valence-electron chi connectivity index (χ4n) is 1.57. The lowest BCUT2D eigenvalue weighted by Crippen LogP contribution is -2.19. The van der Waals surface area contributed by atoms with Crippen molar-refractivity contribution in [3.63, 3.8) is 0 Å². The second-order valence-corrected chi connectivity index (χ2v) is 3.32. The molecule has 1 saturated heterocycles. The molecular weight excluding hydrogens is 168 g/mol. The van der Waals surface area contributed by atoms with Gasteiger partial charge in [0.25, 0.3) is 0 Å². The van der Waals surface area contributed by atoms with Crippen molar-refractivity contribution in [1.29, 1.82) is 0 Å². The van der Waals surface area contributed by atoms with Crippen LogP contribution in [-0.4, -0.2) is 12.4 Å². The van der Waals surface area contributed by atoms with Crippen LogP contribution >= 0.6 is 0 Å². The molecule has 0 aromatic carbocycles. The SMILES string of the molecule is Cc1ccoc1C1CC(=O)CCO1. The Balaban J connectivity index is 2.17. The van der Waals surface area contributed by atoms with Gasteiger partial charge in [-0.25, -0.2) is 0 Å². The summed E-state index contributed by atoms with van der Waals surface area (Å²) in [5.41, 5.74) is 1.06. The summed E-state index contributed by atoms with van der Waals surface area (Å²) in [6, 6.07) is 1.89. The van der Waals surface area contributed by atoms with Gasteiger partial charge in [0.1, 0.15) is 17.6 Å². The predicted molar refractivity (Wildman–Crippen MR) is 46.4 cm³/mol. The number of hydrogen-bond donors (Lipinski definition) is 0. The molecule has 1 unspecified atom stereocenters. The lowest BCUT2D eigenvalue weighted by molar-refractivity contribution is -0.129. The maximum atomic E-state index is 11.2. The van der Waals surface area contributed by atoms with Gasteiger partial charge in [0, 0.05) is 12.8 Å². The van der Waals surface area contributed by atoms with Crippen molar-refractivity contribution in [2.45, 2.75) is 25.9 Å². The Kier molecular flexibility index (Phi) is 2.19. The number of aryl methyl sites for hydroxylation is 1. The first-order valence-corrected chi connectivity index (χ1v) is 4.44. The third kappa shape index (κ3) is 1.65. The number of carbonyl (C=O) groups is 1. The lowest BCUT2D eigenvalue weighted by Gasteiger charge is -2.20. The molecule has 0 aliphatic carbocycles. The van der Waals surface area contributed by atoms with Crippen LogP contribution in [0.4, 0.5) is 0 Å². The first kappa shape index (κ1) is 8.51. The van der Waals surface area contributed by atoms with E-state index in [0.29, 0.717) is 19.4 Å². The molecule has 1 fully saturated rings. The second kappa shape index (κ2) is 3.34. The van der Waals surface area contributed by atoms with Crippen molar-refractivity contribution in [2.24, 2.45) is 0 Å². The van der Waals surface area contributed by atoms with Crippen LogP contribution in [0.15, 0.2) is 16.7 Å². The van der Waals surface area contributed by atoms with Gasteiger partial charge in [-0.3, -0.25) is 4.79 Å². The topological polar surface area (TPSA) is 39.4 Å². The van der Waals surface area contributed by atoms with Crippen molar-refractivity contribution < 1.29 is 13.9 Å². The largest absolute Gasteiger partial charge is 0.466 e. The van der Waals surface area contributed by atoms with Crippen molar-refractivity contribution >= 4 is 5.78 Å². The Morgan fingerprint density at radius 1 is 1.54 bits per heavy atom. The molecular formula is C10H12O3. The van der Waals surface area contributed by atoms with Crippen LogP contribution in [0.5, 0.6) is 0 Å². The summed E-state index contributed by atoms with van der Waals surface area (Å²) in [6.07, 6.45) is 2.47. The van der Waals surface area contributed by atoms with Crippen molar-refractivity contribution in [2.75, 3.05) is 6.61 Å². The molecule has 2 rings (SSSR count). The Morgan fingerprint density at radius 2 is 2.38 bits per heavy atom. The summed E-state index contributed by atoms with van der Waals surface area (Å²) in [5.74, 6) is 1.06. The molecule has 1 aromatic rings. The first-order valence-electron chi connectivity index (χ1n) is 4.44. The van der Waals surface area contributed by atoms with Gasteiger partial charge in [-0.1, -0.05) is 0 Å². The first-order chi connectivity index (χ1) is 6.27. The quantitative estimate of drug-likeness (QED) is 0.663. The predicted octanol–water partition coefficient (Wildman–Crippen LogP) is 2.01. The zero-order valence-corrected chi connectivity index (χ0v) is 7.58. The minimum absolute atomic E-state index is 0.156. The molecule has 0 radical (unpaired) electrons. The van der Waals surface area contributed by atoms with Crippen LogP contribution in [0.1, 0.15) is 30.3 Å². The van der Waals surface area contributed by atoms with E-state index in [0.717, 1.165) is 11.3 Å². The van der Waals surface area contributed by atoms with Crippen LogP contribution in [0.2, 0.25) is 0 Å². The van der Waals surface area contributed by atoms with Gasteiger partial charge < -0.3 is 9.15 Å². The number of Topliss-reactive ketones (excluding diaryl/α,β-unsaturated/α-hetero) is 1. The van der Waals surface area contributed by atoms with Crippen molar-refractivity contribution in [3.8, 4) is 0 Å². The number of rotatable bonds is 1. The zero-order chi connectivity index (χ0) is 9.26. The molecule has 1 aliphatic heterocycles. The Hall–Kier alpha value is -1.09. The molecule has 3 nitrogen and oxygen atoms in total. The van der Waals surface area contributed by atoms with Gasteiger partial charge in [-0.15, -0.1) is 0 Å². The van der Waals surface area contributed by atoms with Crippen molar-refractivity contribution in [3.05, 3.63) is 23.7 Å². The highest BCUT2D eigenvalue weighted by molar-refractivity contribution is 5.79. The smallest absolute Gasteiger partial charge is 0.138 e. The fraction of sp³-hybridized carbons (Fsp3) is 0.500. The van der Waals surface area contributed by atoms with E-state index in [-0.39, 0.29) is 11.9 Å². The molecule has 0 saturated carbocycles.